The van der Waals surface area contributed by atoms with Gasteiger partial charge in [-0.15, -0.1) is 0 Å². The number of aryl methyl sites for hydroxylation is 1. The highest BCUT2D eigenvalue weighted by Crippen LogP contribution is 2.11. The lowest BCUT2D eigenvalue weighted by Crippen LogP contribution is -2.10. The Morgan fingerprint density at radius 2 is 2.06 bits per heavy atom. The number of rotatable bonds is 3. The fourth-order valence-electron chi connectivity index (χ4n) is 1.43. The van der Waals surface area contributed by atoms with Crippen molar-refractivity contribution < 1.29 is 4.79 Å². The average molecular weight is 279 g/mol. The van der Waals surface area contributed by atoms with Gasteiger partial charge in [0.25, 0.3) is 0 Å². The van der Waals surface area contributed by atoms with Crippen LogP contribution in [0.25, 0.3) is 0 Å². The summed E-state index contributed by atoms with van der Waals surface area (Å²) in [5.74, 6) is 0.0654. The number of halogens is 1. The molecular formula is C12H11BrN2O. The largest absolute Gasteiger partial charge is 0.292 e. The van der Waals surface area contributed by atoms with Crippen molar-refractivity contribution >= 4 is 21.7 Å². The smallest absolute Gasteiger partial charge is 0.184 e. The number of nitrogens with zero attached hydrogens (tertiary/aromatic N) is 2. The van der Waals surface area contributed by atoms with Gasteiger partial charge in [0.05, 0.1) is 6.20 Å². The molecule has 82 valence electrons. The Kier molecular flexibility index (Phi) is 3.19. The predicted octanol–water partition coefficient (Wildman–Crippen LogP) is 2.84. The molecule has 0 aliphatic rings. The zero-order valence-electron chi connectivity index (χ0n) is 8.85. The SMILES string of the molecule is Cc1cnn(CC(=O)c2ccc(Br)cc2)c1. The fraction of sp³-hybridized carbons (Fsp3) is 0.167. The number of hydrogen-bond donors (Lipinski definition) is 0. The summed E-state index contributed by atoms with van der Waals surface area (Å²) < 4.78 is 2.62. The quantitative estimate of drug-likeness (QED) is 0.810. The molecule has 0 spiro atoms. The zero-order valence-corrected chi connectivity index (χ0v) is 10.4. The molecule has 0 N–H and O–H groups in total. The summed E-state index contributed by atoms with van der Waals surface area (Å²) in [5, 5.41) is 4.09. The van der Waals surface area contributed by atoms with E-state index in [2.05, 4.69) is 21.0 Å². The van der Waals surface area contributed by atoms with Crippen LogP contribution in [0.1, 0.15) is 15.9 Å². The van der Waals surface area contributed by atoms with Crippen molar-refractivity contribution in [1.29, 1.82) is 0 Å². The molecule has 1 aromatic heterocycles. The van der Waals surface area contributed by atoms with Crippen LogP contribution in [0.15, 0.2) is 41.1 Å². The monoisotopic (exact) mass is 278 g/mol. The van der Waals surface area contributed by atoms with Gasteiger partial charge in [0.2, 0.25) is 0 Å². The number of carbonyl (C=O) groups is 1. The predicted molar refractivity (Wildman–Crippen MR) is 65.4 cm³/mol. The highest BCUT2D eigenvalue weighted by molar-refractivity contribution is 9.10. The average Bonchev–Trinajstić information content (AvgIpc) is 2.65. The summed E-state index contributed by atoms with van der Waals surface area (Å²) in [6.07, 6.45) is 3.60. The summed E-state index contributed by atoms with van der Waals surface area (Å²) in [7, 11) is 0. The lowest BCUT2D eigenvalue weighted by Gasteiger charge is -2.01. The van der Waals surface area contributed by atoms with Crippen molar-refractivity contribution in [2.45, 2.75) is 13.5 Å². The third-order valence-electron chi connectivity index (χ3n) is 2.23. The zero-order chi connectivity index (χ0) is 11.5. The number of ketones is 1. The van der Waals surface area contributed by atoms with Crippen LogP contribution in [0.5, 0.6) is 0 Å². The van der Waals surface area contributed by atoms with E-state index in [1.54, 1.807) is 10.9 Å². The van der Waals surface area contributed by atoms with Gasteiger partial charge >= 0.3 is 0 Å². The van der Waals surface area contributed by atoms with Crippen LogP contribution in [0.4, 0.5) is 0 Å². The van der Waals surface area contributed by atoms with Crippen LogP contribution in [0.3, 0.4) is 0 Å². The molecule has 0 amide bonds. The van der Waals surface area contributed by atoms with Crippen molar-refractivity contribution in [3.05, 3.63) is 52.3 Å². The van der Waals surface area contributed by atoms with Gasteiger partial charge in [-0.1, -0.05) is 28.1 Å². The minimum atomic E-state index is 0.0654. The van der Waals surface area contributed by atoms with Crippen LogP contribution >= 0.6 is 15.9 Å². The molecule has 2 aromatic rings. The molecule has 2 rings (SSSR count). The maximum Gasteiger partial charge on any atom is 0.184 e. The van der Waals surface area contributed by atoms with Crippen molar-refractivity contribution in [1.82, 2.24) is 9.78 Å². The second kappa shape index (κ2) is 4.61. The van der Waals surface area contributed by atoms with E-state index in [1.165, 1.54) is 0 Å². The van der Waals surface area contributed by atoms with Crippen molar-refractivity contribution in [3.8, 4) is 0 Å². The van der Waals surface area contributed by atoms with Crippen molar-refractivity contribution in [2.75, 3.05) is 0 Å². The number of benzene rings is 1. The van der Waals surface area contributed by atoms with Crippen LogP contribution in [-0.2, 0) is 6.54 Å². The third-order valence-corrected chi connectivity index (χ3v) is 2.76. The summed E-state index contributed by atoms with van der Waals surface area (Å²) in [4.78, 5) is 11.9. The fourth-order valence-corrected chi connectivity index (χ4v) is 1.69. The van der Waals surface area contributed by atoms with E-state index in [1.807, 2.05) is 37.4 Å². The first-order valence-corrected chi connectivity index (χ1v) is 5.72. The van der Waals surface area contributed by atoms with Gasteiger partial charge in [-0.05, 0) is 24.6 Å². The Hall–Kier alpha value is -1.42. The minimum absolute atomic E-state index is 0.0654. The second-order valence-corrected chi connectivity index (χ2v) is 4.56. The molecule has 16 heavy (non-hydrogen) atoms. The van der Waals surface area contributed by atoms with E-state index in [0.29, 0.717) is 5.56 Å². The molecule has 0 bridgehead atoms. The first-order chi connectivity index (χ1) is 7.65. The Morgan fingerprint density at radius 3 is 2.62 bits per heavy atom. The number of hydrogen-bond acceptors (Lipinski definition) is 2. The molecule has 0 radical (unpaired) electrons. The Balaban J connectivity index is 2.11. The summed E-state index contributed by atoms with van der Waals surface area (Å²) in [6.45, 7) is 2.24. The number of carbonyl (C=O) groups excluding carboxylic acids is 1. The molecule has 1 heterocycles. The van der Waals surface area contributed by atoms with Crippen molar-refractivity contribution in [2.24, 2.45) is 0 Å². The number of aromatic nitrogens is 2. The van der Waals surface area contributed by atoms with Gasteiger partial charge in [-0.25, -0.2) is 0 Å². The minimum Gasteiger partial charge on any atom is -0.292 e. The van der Waals surface area contributed by atoms with E-state index in [9.17, 15) is 4.79 Å². The van der Waals surface area contributed by atoms with Crippen molar-refractivity contribution in [3.63, 3.8) is 0 Å². The Labute approximate surface area is 102 Å². The molecule has 0 saturated carbocycles. The van der Waals surface area contributed by atoms with Gasteiger partial charge < -0.3 is 0 Å². The molecule has 0 unspecified atom stereocenters. The van der Waals surface area contributed by atoms with Gasteiger partial charge in [0.15, 0.2) is 5.78 Å². The van der Waals surface area contributed by atoms with Gasteiger partial charge in [-0.3, -0.25) is 9.48 Å². The highest BCUT2D eigenvalue weighted by Gasteiger charge is 2.06. The van der Waals surface area contributed by atoms with Crippen LogP contribution < -0.4 is 0 Å². The maximum atomic E-state index is 11.9. The number of Topliss-reactive ketones (excluding diaryl/α,β-unsaturated/α-hetero) is 1. The lowest BCUT2D eigenvalue weighted by atomic mass is 10.1. The van der Waals surface area contributed by atoms with Gasteiger partial charge in [0.1, 0.15) is 6.54 Å². The molecule has 0 atom stereocenters. The third kappa shape index (κ3) is 2.58. The van der Waals surface area contributed by atoms with Gasteiger partial charge in [0, 0.05) is 16.2 Å². The highest BCUT2D eigenvalue weighted by atomic mass is 79.9. The van der Waals surface area contributed by atoms with E-state index < -0.39 is 0 Å². The standard InChI is InChI=1S/C12H11BrN2O/c1-9-6-14-15(7-9)8-12(16)10-2-4-11(13)5-3-10/h2-7H,8H2,1H3. The van der Waals surface area contributed by atoms with Gasteiger partial charge in [-0.2, -0.15) is 5.10 Å². The summed E-state index contributed by atoms with van der Waals surface area (Å²) in [6, 6.07) is 7.34. The van der Waals surface area contributed by atoms with E-state index in [-0.39, 0.29) is 12.3 Å². The Morgan fingerprint density at radius 1 is 1.38 bits per heavy atom. The molecule has 3 nitrogen and oxygen atoms in total. The van der Waals surface area contributed by atoms with Crippen LogP contribution in [0, 0.1) is 6.92 Å². The molecule has 0 aliphatic carbocycles. The molecule has 0 saturated heterocycles. The molecular weight excluding hydrogens is 268 g/mol. The van der Waals surface area contributed by atoms with Crippen LogP contribution in [0.2, 0.25) is 0 Å². The summed E-state index contributed by atoms with van der Waals surface area (Å²) in [5.41, 5.74) is 1.76. The lowest BCUT2D eigenvalue weighted by molar-refractivity contribution is 0.0967. The molecule has 0 fully saturated rings. The molecule has 1 aromatic carbocycles. The molecule has 4 heteroatoms. The summed E-state index contributed by atoms with van der Waals surface area (Å²) >= 11 is 3.34. The topological polar surface area (TPSA) is 34.9 Å². The first-order valence-electron chi connectivity index (χ1n) is 4.93. The maximum absolute atomic E-state index is 11.9. The normalized spacial score (nSPS) is 10.4. The molecule has 0 aliphatic heterocycles. The first kappa shape index (κ1) is 11.1. The van der Waals surface area contributed by atoms with Crippen LogP contribution in [-0.4, -0.2) is 15.6 Å². The van der Waals surface area contributed by atoms with E-state index in [4.69, 9.17) is 0 Å². The van der Waals surface area contributed by atoms with E-state index in [0.717, 1.165) is 10.0 Å². The Bertz CT molecular complexity index is 502. The van der Waals surface area contributed by atoms with E-state index >= 15 is 0 Å². The second-order valence-electron chi connectivity index (χ2n) is 3.65.